The molecule has 0 bridgehead atoms. The Balaban J connectivity index is 1.38. The summed E-state index contributed by atoms with van der Waals surface area (Å²) in [4.78, 5) is 2.51. The molecule has 3 aliphatic rings. The molecule has 5 unspecified atom stereocenters. The fraction of sp³-hybridized carbons (Fsp3) is 0.647. The van der Waals surface area contributed by atoms with Crippen LogP contribution in [0.5, 0.6) is 0 Å². The van der Waals surface area contributed by atoms with Gasteiger partial charge in [-0.15, -0.1) is 0 Å². The Morgan fingerprint density at radius 2 is 2.10 bits per heavy atom. The lowest BCUT2D eigenvalue weighted by molar-refractivity contribution is -0.108. The second-order valence-corrected chi connectivity index (χ2v) is 6.57. The highest BCUT2D eigenvalue weighted by molar-refractivity contribution is 5.26. The second kappa shape index (κ2) is 5.14. The summed E-state index contributed by atoms with van der Waals surface area (Å²) >= 11 is 0. The molecule has 1 aromatic rings. The van der Waals surface area contributed by atoms with Gasteiger partial charge in [-0.25, -0.2) is 0 Å². The molecule has 2 saturated heterocycles. The first-order valence-electron chi connectivity index (χ1n) is 7.91. The number of hydrogen-bond acceptors (Lipinski definition) is 3. The number of morpholine rings is 1. The van der Waals surface area contributed by atoms with Gasteiger partial charge in [0, 0.05) is 12.6 Å². The molecule has 2 aliphatic heterocycles. The summed E-state index contributed by atoms with van der Waals surface area (Å²) in [5, 5.41) is 10.6. The predicted octanol–water partition coefficient (Wildman–Crippen LogP) is 2.01. The van der Waals surface area contributed by atoms with E-state index in [0.717, 1.165) is 19.6 Å². The van der Waals surface area contributed by atoms with E-state index in [4.69, 9.17) is 4.74 Å². The lowest BCUT2D eigenvalue weighted by Crippen LogP contribution is -2.51. The van der Waals surface area contributed by atoms with E-state index in [0.29, 0.717) is 17.9 Å². The summed E-state index contributed by atoms with van der Waals surface area (Å²) in [5.74, 6) is 0.924. The molecule has 20 heavy (non-hydrogen) atoms. The molecular formula is C17H23NO2. The number of fused-ring (bicyclic) bond motifs is 1. The van der Waals surface area contributed by atoms with E-state index in [1.54, 1.807) is 0 Å². The van der Waals surface area contributed by atoms with Crippen LogP contribution in [0, 0.1) is 5.92 Å². The molecule has 2 heterocycles. The summed E-state index contributed by atoms with van der Waals surface area (Å²) in [7, 11) is 0. The van der Waals surface area contributed by atoms with Gasteiger partial charge in [0.1, 0.15) is 0 Å². The van der Waals surface area contributed by atoms with Gasteiger partial charge in [-0.3, -0.25) is 4.90 Å². The van der Waals surface area contributed by atoms with Crippen molar-refractivity contribution in [3.63, 3.8) is 0 Å². The van der Waals surface area contributed by atoms with Crippen LogP contribution in [0.15, 0.2) is 30.3 Å². The van der Waals surface area contributed by atoms with Gasteiger partial charge in [0.15, 0.2) is 0 Å². The topological polar surface area (TPSA) is 32.7 Å². The summed E-state index contributed by atoms with van der Waals surface area (Å²) in [6, 6.07) is 11.2. The van der Waals surface area contributed by atoms with Gasteiger partial charge >= 0.3 is 0 Å². The Kier molecular flexibility index (Phi) is 3.29. The highest BCUT2D eigenvalue weighted by atomic mass is 16.5. The molecule has 1 saturated carbocycles. The van der Waals surface area contributed by atoms with Crippen molar-refractivity contribution >= 4 is 0 Å². The Morgan fingerprint density at radius 3 is 2.95 bits per heavy atom. The summed E-state index contributed by atoms with van der Waals surface area (Å²) in [6.07, 6.45) is 3.37. The standard InChI is InChI=1S/C17H23NO2/c19-17(15-9-14(15)12-5-2-1-3-6-12)16-10-18-8-4-7-13(18)11-20-16/h1-3,5-6,13-17,19H,4,7-11H2. The van der Waals surface area contributed by atoms with E-state index in [1.807, 2.05) is 0 Å². The molecule has 5 atom stereocenters. The van der Waals surface area contributed by atoms with Gasteiger partial charge in [0.2, 0.25) is 0 Å². The molecule has 1 N–H and O–H groups in total. The number of nitrogens with zero attached hydrogens (tertiary/aromatic N) is 1. The van der Waals surface area contributed by atoms with Gasteiger partial charge < -0.3 is 9.84 Å². The van der Waals surface area contributed by atoms with E-state index in [9.17, 15) is 5.11 Å². The van der Waals surface area contributed by atoms with E-state index >= 15 is 0 Å². The zero-order valence-corrected chi connectivity index (χ0v) is 11.8. The van der Waals surface area contributed by atoms with Crippen molar-refractivity contribution in [2.75, 3.05) is 19.7 Å². The maximum absolute atomic E-state index is 10.6. The van der Waals surface area contributed by atoms with Crippen LogP contribution in [0.25, 0.3) is 0 Å². The van der Waals surface area contributed by atoms with Gasteiger partial charge in [-0.2, -0.15) is 0 Å². The minimum Gasteiger partial charge on any atom is -0.390 e. The van der Waals surface area contributed by atoms with Crippen LogP contribution in [0.3, 0.4) is 0 Å². The van der Waals surface area contributed by atoms with Crippen LogP contribution in [0.1, 0.15) is 30.7 Å². The normalized spacial score (nSPS) is 38.5. The predicted molar refractivity (Wildman–Crippen MR) is 77.6 cm³/mol. The first-order chi connectivity index (χ1) is 9.83. The van der Waals surface area contributed by atoms with E-state index < -0.39 is 0 Å². The van der Waals surface area contributed by atoms with Gasteiger partial charge in [0.25, 0.3) is 0 Å². The average Bonchev–Trinajstić information content (AvgIpc) is 3.17. The Labute approximate surface area is 120 Å². The van der Waals surface area contributed by atoms with E-state index in [-0.39, 0.29) is 12.2 Å². The maximum Gasteiger partial charge on any atom is 0.0964 e. The minimum absolute atomic E-state index is 0.0167. The number of hydrogen-bond donors (Lipinski definition) is 1. The summed E-state index contributed by atoms with van der Waals surface area (Å²) < 4.78 is 5.95. The molecule has 1 aromatic carbocycles. The first kappa shape index (κ1) is 12.8. The highest BCUT2D eigenvalue weighted by Gasteiger charge is 2.48. The zero-order chi connectivity index (χ0) is 13.5. The lowest BCUT2D eigenvalue weighted by Gasteiger charge is -2.37. The Hall–Kier alpha value is -0.900. The number of rotatable bonds is 3. The molecule has 0 radical (unpaired) electrons. The third kappa shape index (κ3) is 2.28. The van der Waals surface area contributed by atoms with Crippen molar-refractivity contribution < 1.29 is 9.84 Å². The van der Waals surface area contributed by atoms with E-state index in [2.05, 4.69) is 35.2 Å². The van der Waals surface area contributed by atoms with Crippen molar-refractivity contribution in [3.05, 3.63) is 35.9 Å². The minimum atomic E-state index is -0.304. The molecule has 3 nitrogen and oxygen atoms in total. The maximum atomic E-state index is 10.6. The first-order valence-corrected chi connectivity index (χ1v) is 7.91. The highest BCUT2D eigenvalue weighted by Crippen LogP contribution is 2.50. The number of aliphatic hydroxyl groups excluding tert-OH is 1. The van der Waals surface area contributed by atoms with Crippen molar-refractivity contribution in [2.24, 2.45) is 5.92 Å². The van der Waals surface area contributed by atoms with Gasteiger partial charge in [0.05, 0.1) is 18.8 Å². The fourth-order valence-corrected chi connectivity index (χ4v) is 4.00. The average molecular weight is 273 g/mol. The molecule has 0 amide bonds. The third-order valence-electron chi connectivity index (χ3n) is 5.30. The molecule has 0 aromatic heterocycles. The van der Waals surface area contributed by atoms with Crippen LogP contribution >= 0.6 is 0 Å². The van der Waals surface area contributed by atoms with Gasteiger partial charge in [-0.05, 0) is 43.2 Å². The fourth-order valence-electron chi connectivity index (χ4n) is 4.00. The molecule has 4 rings (SSSR count). The quantitative estimate of drug-likeness (QED) is 0.914. The summed E-state index contributed by atoms with van der Waals surface area (Å²) in [5.41, 5.74) is 1.37. The van der Waals surface area contributed by atoms with Crippen LogP contribution in [-0.2, 0) is 4.74 Å². The van der Waals surface area contributed by atoms with Crippen molar-refractivity contribution in [3.8, 4) is 0 Å². The van der Waals surface area contributed by atoms with Crippen LogP contribution in [0.2, 0.25) is 0 Å². The summed E-state index contributed by atoms with van der Waals surface area (Å²) in [6.45, 7) is 2.92. The van der Waals surface area contributed by atoms with E-state index in [1.165, 1.54) is 24.9 Å². The van der Waals surface area contributed by atoms with Crippen molar-refractivity contribution in [1.29, 1.82) is 0 Å². The smallest absolute Gasteiger partial charge is 0.0964 e. The Morgan fingerprint density at radius 1 is 1.25 bits per heavy atom. The third-order valence-corrected chi connectivity index (χ3v) is 5.30. The van der Waals surface area contributed by atoms with Crippen molar-refractivity contribution in [1.82, 2.24) is 4.90 Å². The molecular weight excluding hydrogens is 250 g/mol. The largest absolute Gasteiger partial charge is 0.390 e. The van der Waals surface area contributed by atoms with Crippen LogP contribution < -0.4 is 0 Å². The monoisotopic (exact) mass is 273 g/mol. The molecule has 1 aliphatic carbocycles. The Bertz CT molecular complexity index is 463. The molecule has 3 heteroatoms. The number of ether oxygens (including phenoxy) is 1. The van der Waals surface area contributed by atoms with Gasteiger partial charge in [-0.1, -0.05) is 30.3 Å². The second-order valence-electron chi connectivity index (χ2n) is 6.57. The van der Waals surface area contributed by atoms with Crippen molar-refractivity contribution in [2.45, 2.75) is 43.4 Å². The van der Waals surface area contributed by atoms with Crippen LogP contribution in [-0.4, -0.2) is 48.0 Å². The van der Waals surface area contributed by atoms with Crippen LogP contribution in [0.4, 0.5) is 0 Å². The molecule has 0 spiro atoms. The molecule has 3 fully saturated rings. The number of aliphatic hydroxyl groups is 1. The SMILES string of the molecule is OC(C1CN2CCCC2CO1)C1CC1c1ccccc1. The number of benzene rings is 1. The lowest BCUT2D eigenvalue weighted by atomic mass is 10.0. The zero-order valence-electron chi connectivity index (χ0n) is 11.8. The molecule has 108 valence electrons.